The van der Waals surface area contributed by atoms with Crippen molar-refractivity contribution in [2.45, 2.75) is 38.5 Å². The van der Waals surface area contributed by atoms with E-state index in [0.29, 0.717) is 12.3 Å². The maximum absolute atomic E-state index is 12.3. The molecule has 0 bridgehead atoms. The molecule has 0 radical (unpaired) electrons. The van der Waals surface area contributed by atoms with Crippen LogP contribution >= 0.6 is 11.3 Å². The molecule has 4 heteroatoms. The first-order valence-electron chi connectivity index (χ1n) is 8.50. The normalized spacial score (nSPS) is 15.7. The number of likely N-dealkylation sites (tertiary alicyclic amines) is 1. The summed E-state index contributed by atoms with van der Waals surface area (Å²) >= 11 is 1.85. The van der Waals surface area contributed by atoms with Gasteiger partial charge in [0.05, 0.1) is 0 Å². The quantitative estimate of drug-likeness (QED) is 0.804. The van der Waals surface area contributed by atoms with Gasteiger partial charge in [-0.25, -0.2) is 0 Å². The summed E-state index contributed by atoms with van der Waals surface area (Å²) in [6, 6.07) is 8.38. The number of aryl methyl sites for hydroxylation is 1. The molecule has 0 aliphatic carbocycles. The van der Waals surface area contributed by atoms with Crippen molar-refractivity contribution in [1.29, 1.82) is 0 Å². The molecule has 0 aromatic carbocycles. The van der Waals surface area contributed by atoms with Gasteiger partial charge in [-0.2, -0.15) is 0 Å². The molecule has 3 nitrogen and oxygen atoms in total. The van der Waals surface area contributed by atoms with E-state index in [1.165, 1.54) is 16.9 Å². The van der Waals surface area contributed by atoms with Gasteiger partial charge in [-0.1, -0.05) is 12.1 Å². The first-order chi connectivity index (χ1) is 11.3. The Morgan fingerprint density at radius 1 is 1.26 bits per heavy atom. The molecule has 1 fully saturated rings. The summed E-state index contributed by atoms with van der Waals surface area (Å²) in [5.74, 6) is 1.07. The minimum atomic E-state index is 0.323. The van der Waals surface area contributed by atoms with Crippen molar-refractivity contribution in [3.63, 3.8) is 0 Å². The van der Waals surface area contributed by atoms with E-state index in [4.69, 9.17) is 0 Å². The largest absolute Gasteiger partial charge is 0.343 e. The molecule has 2 aromatic rings. The van der Waals surface area contributed by atoms with Gasteiger partial charge < -0.3 is 4.90 Å². The fourth-order valence-electron chi connectivity index (χ4n) is 3.25. The molecule has 1 aliphatic heterocycles. The zero-order valence-electron chi connectivity index (χ0n) is 13.5. The van der Waals surface area contributed by atoms with Crippen LogP contribution in [-0.2, 0) is 17.6 Å². The molecule has 23 heavy (non-hydrogen) atoms. The number of hydrogen-bond donors (Lipinski definition) is 0. The van der Waals surface area contributed by atoms with Crippen molar-refractivity contribution in [3.8, 4) is 0 Å². The highest BCUT2D eigenvalue weighted by atomic mass is 32.1. The number of aromatic nitrogens is 1. The number of thiophene rings is 1. The Morgan fingerprint density at radius 2 is 2.13 bits per heavy atom. The van der Waals surface area contributed by atoms with E-state index < -0.39 is 0 Å². The van der Waals surface area contributed by atoms with Crippen LogP contribution in [0, 0.1) is 5.92 Å². The Morgan fingerprint density at radius 3 is 2.83 bits per heavy atom. The topological polar surface area (TPSA) is 33.2 Å². The standard InChI is InChI=1S/C19H24N2OS/c22-19(7-1-4-17-5-2-10-20-15-17)21-11-8-16(9-12-21)14-18-6-3-13-23-18/h2-3,5-6,10,13,15-16H,1,4,7-9,11-12,14H2. The first-order valence-corrected chi connectivity index (χ1v) is 9.38. The lowest BCUT2D eigenvalue weighted by Crippen LogP contribution is -2.38. The fraction of sp³-hybridized carbons (Fsp3) is 0.474. The maximum atomic E-state index is 12.3. The van der Waals surface area contributed by atoms with Gasteiger partial charge in [-0.05, 0) is 61.1 Å². The lowest BCUT2D eigenvalue weighted by molar-refractivity contribution is -0.132. The molecule has 1 saturated heterocycles. The molecule has 0 spiro atoms. The van der Waals surface area contributed by atoms with Crippen molar-refractivity contribution >= 4 is 17.2 Å². The molecule has 3 rings (SSSR count). The van der Waals surface area contributed by atoms with Crippen molar-refractivity contribution in [2.75, 3.05) is 13.1 Å². The van der Waals surface area contributed by atoms with Gasteiger partial charge in [0.2, 0.25) is 5.91 Å². The number of hydrogen-bond acceptors (Lipinski definition) is 3. The highest BCUT2D eigenvalue weighted by Gasteiger charge is 2.22. The molecule has 1 amide bonds. The average Bonchev–Trinajstić information content (AvgIpc) is 3.09. The summed E-state index contributed by atoms with van der Waals surface area (Å²) in [7, 11) is 0. The van der Waals surface area contributed by atoms with Crippen LogP contribution in [-0.4, -0.2) is 28.9 Å². The fourth-order valence-corrected chi connectivity index (χ4v) is 4.07. The van der Waals surface area contributed by atoms with E-state index in [0.717, 1.165) is 44.7 Å². The van der Waals surface area contributed by atoms with Crippen molar-refractivity contribution in [1.82, 2.24) is 9.88 Å². The second kappa shape index (κ2) is 8.25. The highest BCUT2D eigenvalue weighted by Crippen LogP contribution is 2.24. The Hall–Kier alpha value is -1.68. The Bertz CT molecular complexity index is 589. The number of rotatable bonds is 6. The van der Waals surface area contributed by atoms with Gasteiger partial charge in [0, 0.05) is 36.8 Å². The second-order valence-corrected chi connectivity index (χ2v) is 7.35. The third-order valence-electron chi connectivity index (χ3n) is 4.62. The zero-order chi connectivity index (χ0) is 15.9. The second-order valence-electron chi connectivity index (χ2n) is 6.32. The van der Waals surface area contributed by atoms with E-state index in [9.17, 15) is 4.79 Å². The number of pyridine rings is 1. The van der Waals surface area contributed by atoms with Crippen LogP contribution in [0.1, 0.15) is 36.1 Å². The first kappa shape index (κ1) is 16.2. The predicted molar refractivity (Wildman–Crippen MR) is 94.5 cm³/mol. The van der Waals surface area contributed by atoms with Crippen LogP contribution in [0.15, 0.2) is 42.0 Å². The van der Waals surface area contributed by atoms with Crippen LogP contribution < -0.4 is 0 Å². The van der Waals surface area contributed by atoms with Crippen molar-refractivity contribution in [2.24, 2.45) is 5.92 Å². The summed E-state index contributed by atoms with van der Waals surface area (Å²) in [6.07, 6.45) is 9.66. The number of carbonyl (C=O) groups is 1. The minimum absolute atomic E-state index is 0.323. The summed E-state index contributed by atoms with van der Waals surface area (Å²) in [5.41, 5.74) is 1.22. The summed E-state index contributed by atoms with van der Waals surface area (Å²) in [4.78, 5) is 20.0. The Kier molecular flexibility index (Phi) is 5.81. The summed E-state index contributed by atoms with van der Waals surface area (Å²) in [6.45, 7) is 1.86. The van der Waals surface area contributed by atoms with Crippen LogP contribution in [0.4, 0.5) is 0 Å². The molecule has 122 valence electrons. The van der Waals surface area contributed by atoms with Gasteiger partial charge >= 0.3 is 0 Å². The molecule has 3 heterocycles. The lowest BCUT2D eigenvalue weighted by Gasteiger charge is -2.32. The summed E-state index contributed by atoms with van der Waals surface area (Å²) < 4.78 is 0. The number of amides is 1. The SMILES string of the molecule is O=C(CCCc1cccnc1)N1CCC(Cc2cccs2)CC1. The van der Waals surface area contributed by atoms with E-state index in [1.54, 1.807) is 6.20 Å². The molecular weight excluding hydrogens is 304 g/mol. The van der Waals surface area contributed by atoms with E-state index in [2.05, 4.69) is 33.5 Å². The van der Waals surface area contributed by atoms with Gasteiger partial charge in [0.1, 0.15) is 0 Å². The lowest BCUT2D eigenvalue weighted by atomic mass is 9.92. The van der Waals surface area contributed by atoms with Crippen molar-refractivity contribution < 1.29 is 4.79 Å². The minimum Gasteiger partial charge on any atom is -0.343 e. The van der Waals surface area contributed by atoms with Crippen LogP contribution in [0.3, 0.4) is 0 Å². The molecule has 0 atom stereocenters. The predicted octanol–water partition coefficient (Wildman–Crippen LogP) is 3.95. The molecular formula is C19H24N2OS. The summed E-state index contributed by atoms with van der Waals surface area (Å²) in [5, 5.41) is 2.15. The maximum Gasteiger partial charge on any atom is 0.222 e. The van der Waals surface area contributed by atoms with Gasteiger partial charge in [0.15, 0.2) is 0 Å². The van der Waals surface area contributed by atoms with Crippen LogP contribution in [0.2, 0.25) is 0 Å². The van der Waals surface area contributed by atoms with Crippen LogP contribution in [0.5, 0.6) is 0 Å². The molecule has 1 aliphatic rings. The highest BCUT2D eigenvalue weighted by molar-refractivity contribution is 7.09. The molecule has 0 unspecified atom stereocenters. The van der Waals surface area contributed by atoms with Gasteiger partial charge in [0.25, 0.3) is 0 Å². The smallest absolute Gasteiger partial charge is 0.222 e. The van der Waals surface area contributed by atoms with Gasteiger partial charge in [-0.15, -0.1) is 11.3 Å². The van der Waals surface area contributed by atoms with Crippen LogP contribution in [0.25, 0.3) is 0 Å². The number of piperidine rings is 1. The van der Waals surface area contributed by atoms with Gasteiger partial charge in [-0.3, -0.25) is 9.78 Å². The third-order valence-corrected chi connectivity index (χ3v) is 5.51. The van der Waals surface area contributed by atoms with E-state index >= 15 is 0 Å². The molecule has 0 saturated carbocycles. The Labute approximate surface area is 142 Å². The van der Waals surface area contributed by atoms with E-state index in [-0.39, 0.29) is 0 Å². The number of nitrogens with zero attached hydrogens (tertiary/aromatic N) is 2. The Balaban J connectivity index is 1.36. The number of carbonyl (C=O) groups excluding carboxylic acids is 1. The monoisotopic (exact) mass is 328 g/mol. The third kappa shape index (κ3) is 4.90. The van der Waals surface area contributed by atoms with E-state index in [1.807, 2.05) is 23.6 Å². The molecule has 2 aromatic heterocycles. The van der Waals surface area contributed by atoms with Crippen molar-refractivity contribution in [3.05, 3.63) is 52.5 Å². The zero-order valence-corrected chi connectivity index (χ0v) is 14.3. The average molecular weight is 328 g/mol. The molecule has 0 N–H and O–H groups in total.